The Morgan fingerprint density at radius 3 is 2.50 bits per heavy atom. The predicted molar refractivity (Wildman–Crippen MR) is 112 cm³/mol. The van der Waals surface area contributed by atoms with Crippen molar-refractivity contribution in [3.05, 3.63) is 52.5 Å². The van der Waals surface area contributed by atoms with Crippen LogP contribution in [0.3, 0.4) is 0 Å². The molecule has 0 spiro atoms. The van der Waals surface area contributed by atoms with Gasteiger partial charge in [-0.1, -0.05) is 15.9 Å². The number of hydrazone groups is 1. The maximum atomic E-state index is 12.0. The van der Waals surface area contributed by atoms with Crippen molar-refractivity contribution in [1.29, 1.82) is 0 Å². The highest BCUT2D eigenvalue weighted by Gasteiger charge is 2.07. The Hall–Kier alpha value is -2.87. The van der Waals surface area contributed by atoms with Gasteiger partial charge in [0, 0.05) is 28.6 Å². The summed E-state index contributed by atoms with van der Waals surface area (Å²) in [5.41, 5.74) is 3.77. The Morgan fingerprint density at radius 2 is 1.82 bits per heavy atom. The second kappa shape index (κ2) is 11.1. The fraction of sp³-hybridized carbons (Fsp3) is 0.250. The Morgan fingerprint density at radius 1 is 1.11 bits per heavy atom. The minimum Gasteiger partial charge on any atom is -0.496 e. The molecule has 0 fully saturated rings. The number of rotatable bonds is 9. The van der Waals surface area contributed by atoms with Crippen LogP contribution in [-0.2, 0) is 9.59 Å². The summed E-state index contributed by atoms with van der Waals surface area (Å²) in [6.45, 7) is 2.48. The molecule has 0 radical (unpaired) electrons. The van der Waals surface area contributed by atoms with Gasteiger partial charge in [-0.2, -0.15) is 5.10 Å². The third-order valence-electron chi connectivity index (χ3n) is 3.61. The second-order valence-electron chi connectivity index (χ2n) is 5.69. The molecule has 0 aliphatic heterocycles. The number of amides is 2. The maximum absolute atomic E-state index is 12.0. The van der Waals surface area contributed by atoms with E-state index in [9.17, 15) is 9.59 Å². The number of nitrogens with zero attached hydrogens (tertiary/aromatic N) is 1. The van der Waals surface area contributed by atoms with Gasteiger partial charge in [-0.15, -0.1) is 0 Å². The van der Waals surface area contributed by atoms with Crippen LogP contribution in [0.1, 0.15) is 25.3 Å². The van der Waals surface area contributed by atoms with Crippen LogP contribution in [0.15, 0.2) is 52.0 Å². The molecule has 0 aliphatic rings. The molecule has 0 heterocycles. The van der Waals surface area contributed by atoms with E-state index < -0.39 is 0 Å². The van der Waals surface area contributed by atoms with Crippen molar-refractivity contribution in [2.24, 2.45) is 5.10 Å². The quantitative estimate of drug-likeness (QED) is 0.452. The number of hydrogen-bond acceptors (Lipinski definition) is 5. The number of carbonyl (C=O) groups excluding carboxylic acids is 2. The summed E-state index contributed by atoms with van der Waals surface area (Å²) in [5, 5.41) is 6.64. The molecule has 0 aliphatic carbocycles. The Labute approximate surface area is 172 Å². The molecular formula is C20H22BrN3O4. The highest BCUT2D eigenvalue weighted by atomic mass is 79.9. The molecule has 2 aromatic carbocycles. The number of benzene rings is 2. The van der Waals surface area contributed by atoms with Crippen molar-refractivity contribution >= 4 is 39.6 Å². The first-order valence-corrected chi connectivity index (χ1v) is 9.49. The zero-order valence-electron chi connectivity index (χ0n) is 15.7. The number of nitrogens with one attached hydrogen (secondary N) is 2. The molecule has 2 amide bonds. The Bertz CT molecular complexity index is 838. The summed E-state index contributed by atoms with van der Waals surface area (Å²) in [4.78, 5) is 23.8. The number of carbonyl (C=O) groups is 2. The molecule has 0 aromatic heterocycles. The van der Waals surface area contributed by atoms with E-state index in [1.54, 1.807) is 37.4 Å². The van der Waals surface area contributed by atoms with Crippen molar-refractivity contribution < 1.29 is 19.1 Å². The van der Waals surface area contributed by atoms with Gasteiger partial charge in [0.15, 0.2) is 0 Å². The summed E-state index contributed by atoms with van der Waals surface area (Å²) >= 11 is 3.37. The van der Waals surface area contributed by atoms with E-state index in [0.717, 1.165) is 10.2 Å². The minimum absolute atomic E-state index is 0.0236. The third kappa shape index (κ3) is 7.03. The molecule has 2 aromatic rings. The summed E-state index contributed by atoms with van der Waals surface area (Å²) < 4.78 is 11.4. The normalized spacial score (nSPS) is 10.5. The van der Waals surface area contributed by atoms with Gasteiger partial charge in [0.25, 0.3) is 0 Å². The SMILES string of the molecule is CCOc1ccc(NC(=O)CCC(=O)NN=Cc2cc(Br)ccc2OC)cc1. The zero-order chi connectivity index (χ0) is 20.4. The molecule has 2 rings (SSSR count). The van der Waals surface area contributed by atoms with E-state index in [1.807, 2.05) is 19.1 Å². The molecule has 0 saturated carbocycles. The summed E-state index contributed by atoms with van der Waals surface area (Å²) in [6, 6.07) is 12.5. The van der Waals surface area contributed by atoms with Crippen molar-refractivity contribution in [1.82, 2.24) is 5.43 Å². The number of halogens is 1. The fourth-order valence-corrected chi connectivity index (χ4v) is 2.67. The molecule has 28 heavy (non-hydrogen) atoms. The topological polar surface area (TPSA) is 89.0 Å². The van der Waals surface area contributed by atoms with Gasteiger partial charge in [0.1, 0.15) is 11.5 Å². The monoisotopic (exact) mass is 447 g/mol. The number of ether oxygens (including phenoxy) is 2. The van der Waals surface area contributed by atoms with Gasteiger partial charge in [-0.25, -0.2) is 5.43 Å². The van der Waals surface area contributed by atoms with Crippen LogP contribution >= 0.6 is 15.9 Å². The van der Waals surface area contributed by atoms with Crippen LogP contribution in [0, 0.1) is 0 Å². The van der Waals surface area contributed by atoms with Crippen LogP contribution in [0.2, 0.25) is 0 Å². The van der Waals surface area contributed by atoms with Crippen molar-refractivity contribution in [2.75, 3.05) is 19.0 Å². The van der Waals surface area contributed by atoms with Crippen molar-refractivity contribution in [3.63, 3.8) is 0 Å². The van der Waals surface area contributed by atoms with Gasteiger partial charge in [-0.05, 0) is 49.4 Å². The van der Waals surface area contributed by atoms with E-state index in [-0.39, 0.29) is 24.7 Å². The fourth-order valence-electron chi connectivity index (χ4n) is 2.29. The van der Waals surface area contributed by atoms with Gasteiger partial charge >= 0.3 is 0 Å². The van der Waals surface area contributed by atoms with Crippen molar-refractivity contribution in [2.45, 2.75) is 19.8 Å². The highest BCUT2D eigenvalue weighted by Crippen LogP contribution is 2.21. The first kappa shape index (κ1) is 21.4. The van der Waals surface area contributed by atoms with Gasteiger partial charge in [-0.3, -0.25) is 9.59 Å². The molecule has 8 heteroatoms. The van der Waals surface area contributed by atoms with Crippen LogP contribution in [0.5, 0.6) is 11.5 Å². The first-order chi connectivity index (χ1) is 13.5. The smallest absolute Gasteiger partial charge is 0.240 e. The molecule has 0 unspecified atom stereocenters. The molecule has 148 valence electrons. The van der Waals surface area contributed by atoms with E-state index in [4.69, 9.17) is 9.47 Å². The number of hydrogen-bond donors (Lipinski definition) is 2. The largest absolute Gasteiger partial charge is 0.496 e. The van der Waals surface area contributed by atoms with Crippen LogP contribution in [-0.4, -0.2) is 31.7 Å². The lowest BCUT2D eigenvalue weighted by Gasteiger charge is -2.07. The summed E-state index contributed by atoms with van der Waals surface area (Å²) in [5.74, 6) is 0.764. The molecular weight excluding hydrogens is 426 g/mol. The molecule has 7 nitrogen and oxygen atoms in total. The Balaban J connectivity index is 1.77. The predicted octanol–water partition coefficient (Wildman–Crippen LogP) is 3.73. The average molecular weight is 448 g/mol. The molecule has 2 N–H and O–H groups in total. The first-order valence-electron chi connectivity index (χ1n) is 8.70. The molecule has 0 bridgehead atoms. The zero-order valence-corrected chi connectivity index (χ0v) is 17.3. The summed E-state index contributed by atoms with van der Waals surface area (Å²) in [7, 11) is 1.56. The van der Waals surface area contributed by atoms with E-state index in [1.165, 1.54) is 6.21 Å². The van der Waals surface area contributed by atoms with Crippen LogP contribution in [0.25, 0.3) is 0 Å². The molecule has 0 saturated heterocycles. The number of anilines is 1. The van der Waals surface area contributed by atoms with Gasteiger partial charge in [0.05, 0.1) is 19.9 Å². The number of methoxy groups -OCH3 is 1. The maximum Gasteiger partial charge on any atom is 0.240 e. The van der Waals surface area contributed by atoms with Crippen LogP contribution in [0.4, 0.5) is 5.69 Å². The van der Waals surface area contributed by atoms with Gasteiger partial charge < -0.3 is 14.8 Å². The minimum atomic E-state index is -0.355. The van der Waals surface area contributed by atoms with Crippen LogP contribution < -0.4 is 20.2 Å². The molecule has 0 atom stereocenters. The lowest BCUT2D eigenvalue weighted by atomic mass is 10.2. The lowest BCUT2D eigenvalue weighted by molar-refractivity contribution is -0.124. The second-order valence-corrected chi connectivity index (χ2v) is 6.60. The van der Waals surface area contributed by atoms with E-state index in [0.29, 0.717) is 23.6 Å². The van der Waals surface area contributed by atoms with E-state index in [2.05, 4.69) is 31.8 Å². The Kier molecular flexibility index (Phi) is 8.48. The third-order valence-corrected chi connectivity index (χ3v) is 4.11. The van der Waals surface area contributed by atoms with E-state index >= 15 is 0 Å². The standard InChI is InChI=1S/C20H22BrN3O4/c1-3-28-17-7-5-16(6-8-17)23-19(25)10-11-20(26)24-22-13-14-12-15(21)4-9-18(14)27-2/h4-9,12-13H,3,10-11H2,1-2H3,(H,23,25)(H,24,26). The van der Waals surface area contributed by atoms with Gasteiger partial charge in [0.2, 0.25) is 11.8 Å². The van der Waals surface area contributed by atoms with Crippen molar-refractivity contribution in [3.8, 4) is 11.5 Å². The summed E-state index contributed by atoms with van der Waals surface area (Å²) in [6.07, 6.45) is 1.56. The lowest BCUT2D eigenvalue weighted by Crippen LogP contribution is -2.20. The average Bonchev–Trinajstić information content (AvgIpc) is 2.68. The highest BCUT2D eigenvalue weighted by molar-refractivity contribution is 9.10.